The maximum Gasteiger partial charge on any atom is 0.302 e. The molecule has 1 aliphatic heterocycles. The Morgan fingerprint density at radius 2 is 1.56 bits per heavy atom. The molecule has 0 aromatic heterocycles. The van der Waals surface area contributed by atoms with Gasteiger partial charge in [0.15, 0.2) is 14.1 Å². The third-order valence-electron chi connectivity index (χ3n) is 7.98. The second kappa shape index (κ2) is 14.1. The van der Waals surface area contributed by atoms with E-state index in [9.17, 15) is 24.3 Å². The Labute approximate surface area is 235 Å². The smallest absolute Gasteiger partial charge is 0.302 e. The van der Waals surface area contributed by atoms with Gasteiger partial charge in [-0.2, -0.15) is 0 Å². The number of carbonyl (C=O) groups excluding carboxylic acids is 4. The SMILES string of the molecule is C/C=C\[C@H](C)[C@H]1O[C@]1(C)[C@@H](O[Si](C)(C)C(C)(C)C)[C@@H](COC(C)=O)C(=O)[C@H](COC(C)=O)[C@H](O)CC(=O)CC. The minimum Gasteiger partial charge on any atom is -0.465 e. The van der Waals surface area contributed by atoms with E-state index in [0.29, 0.717) is 0 Å². The lowest BCUT2D eigenvalue weighted by Gasteiger charge is -2.43. The molecular formula is C29H50O9Si. The molecule has 0 aromatic carbocycles. The topological polar surface area (TPSA) is 129 Å². The van der Waals surface area contributed by atoms with Crippen LogP contribution in [0.4, 0.5) is 0 Å². The molecule has 0 spiro atoms. The fourth-order valence-electron chi connectivity index (χ4n) is 4.51. The predicted octanol–water partition coefficient (Wildman–Crippen LogP) is 4.40. The Morgan fingerprint density at radius 1 is 1.05 bits per heavy atom. The Morgan fingerprint density at radius 3 is 2.00 bits per heavy atom. The summed E-state index contributed by atoms with van der Waals surface area (Å²) in [5.41, 5.74) is -0.884. The van der Waals surface area contributed by atoms with Crippen LogP contribution in [0.5, 0.6) is 0 Å². The second-order valence-corrected chi connectivity index (χ2v) is 17.0. The number of hydrogen-bond acceptors (Lipinski definition) is 9. The van der Waals surface area contributed by atoms with Crippen molar-refractivity contribution in [2.24, 2.45) is 17.8 Å². The van der Waals surface area contributed by atoms with Crippen molar-refractivity contribution in [1.29, 1.82) is 0 Å². The first kappa shape index (κ1) is 35.1. The van der Waals surface area contributed by atoms with Crippen LogP contribution in [0.15, 0.2) is 12.2 Å². The van der Waals surface area contributed by atoms with Crippen molar-refractivity contribution in [3.05, 3.63) is 12.2 Å². The molecule has 0 radical (unpaired) electrons. The van der Waals surface area contributed by atoms with Crippen LogP contribution >= 0.6 is 0 Å². The number of Topliss-reactive ketones (excluding diaryl/α,β-unsaturated/α-hetero) is 2. The summed E-state index contributed by atoms with van der Waals surface area (Å²) in [6.07, 6.45) is 1.42. The number of esters is 2. The van der Waals surface area contributed by atoms with E-state index in [1.807, 2.05) is 32.9 Å². The highest BCUT2D eigenvalue weighted by Gasteiger charge is 2.64. The standard InChI is InChI=1S/C29H50O9Si/c1-12-14-18(3)26-29(9,37-26)27(38-39(10,11)28(6,7)8)23(17-36-20(5)31)25(34)22(16-35-19(4)30)24(33)15-21(32)13-2/h12,14,18,22-24,26-27,33H,13,15-17H2,1-11H3/b14-12-/t18-,22+,23-,24+,26+,27-,29-/m0/s1. The zero-order valence-corrected chi connectivity index (χ0v) is 26.7. The number of aliphatic hydroxyl groups excluding tert-OH is 1. The molecule has 1 heterocycles. The average Bonchev–Trinajstić information content (AvgIpc) is 3.50. The molecule has 39 heavy (non-hydrogen) atoms. The lowest BCUT2D eigenvalue weighted by Crippen LogP contribution is -2.55. The molecule has 1 saturated heterocycles. The molecule has 0 amide bonds. The number of aliphatic hydroxyl groups is 1. The number of epoxide rings is 1. The fourth-order valence-corrected chi connectivity index (χ4v) is 5.89. The van der Waals surface area contributed by atoms with Crippen LogP contribution in [0.25, 0.3) is 0 Å². The summed E-state index contributed by atoms with van der Waals surface area (Å²) in [4.78, 5) is 49.9. The first-order chi connectivity index (χ1) is 17.8. The monoisotopic (exact) mass is 570 g/mol. The molecule has 10 heteroatoms. The van der Waals surface area contributed by atoms with Gasteiger partial charge in [-0.25, -0.2) is 0 Å². The maximum absolute atomic E-state index is 14.2. The Balaban J connectivity index is 3.65. The summed E-state index contributed by atoms with van der Waals surface area (Å²) in [7, 11) is -2.51. The zero-order valence-electron chi connectivity index (χ0n) is 25.7. The molecule has 1 N–H and O–H groups in total. The molecular weight excluding hydrogens is 520 g/mol. The van der Waals surface area contributed by atoms with Gasteiger partial charge in [0.25, 0.3) is 0 Å². The van der Waals surface area contributed by atoms with Gasteiger partial charge in [0.05, 0.1) is 30.1 Å². The van der Waals surface area contributed by atoms with Crippen LogP contribution < -0.4 is 0 Å². The van der Waals surface area contributed by atoms with Crippen molar-refractivity contribution in [2.45, 2.75) is 117 Å². The van der Waals surface area contributed by atoms with Crippen molar-refractivity contribution in [1.82, 2.24) is 0 Å². The van der Waals surface area contributed by atoms with E-state index >= 15 is 0 Å². The number of carbonyl (C=O) groups is 4. The molecule has 0 aliphatic carbocycles. The molecule has 1 rings (SSSR count). The van der Waals surface area contributed by atoms with E-state index in [1.54, 1.807) is 6.92 Å². The van der Waals surface area contributed by atoms with Crippen LogP contribution in [0.3, 0.4) is 0 Å². The quantitative estimate of drug-likeness (QED) is 0.124. The average molecular weight is 571 g/mol. The van der Waals surface area contributed by atoms with E-state index in [4.69, 9.17) is 18.6 Å². The molecule has 1 aliphatic rings. The van der Waals surface area contributed by atoms with Crippen molar-refractivity contribution >= 4 is 31.8 Å². The summed E-state index contributed by atoms with van der Waals surface area (Å²) in [5, 5.41) is 10.8. The molecule has 0 aromatic rings. The molecule has 9 nitrogen and oxygen atoms in total. The molecule has 0 unspecified atom stereocenters. The first-order valence-electron chi connectivity index (χ1n) is 13.8. The van der Waals surface area contributed by atoms with Gasteiger partial charge in [-0.15, -0.1) is 0 Å². The van der Waals surface area contributed by atoms with Crippen molar-refractivity contribution in [3.63, 3.8) is 0 Å². The molecule has 0 bridgehead atoms. The van der Waals surface area contributed by atoms with Crippen LogP contribution in [-0.4, -0.2) is 74.1 Å². The number of allylic oxidation sites excluding steroid dienone is 1. The summed E-state index contributed by atoms with van der Waals surface area (Å²) >= 11 is 0. The van der Waals surface area contributed by atoms with Gasteiger partial charge in [0.1, 0.15) is 24.6 Å². The Bertz CT molecular complexity index is 907. The van der Waals surface area contributed by atoms with Gasteiger partial charge < -0.3 is 23.7 Å². The van der Waals surface area contributed by atoms with E-state index in [-0.39, 0.29) is 42.3 Å². The van der Waals surface area contributed by atoms with Crippen LogP contribution in [0.1, 0.15) is 75.2 Å². The summed E-state index contributed by atoms with van der Waals surface area (Å²) < 4.78 is 23.7. The van der Waals surface area contributed by atoms with E-state index in [1.165, 1.54) is 13.8 Å². The highest BCUT2D eigenvalue weighted by Crippen LogP contribution is 2.50. The minimum atomic E-state index is -2.51. The summed E-state index contributed by atoms with van der Waals surface area (Å²) in [6, 6.07) is 0. The minimum absolute atomic E-state index is 0.0274. The summed E-state index contributed by atoms with van der Waals surface area (Å²) in [5.74, 6) is -4.16. The van der Waals surface area contributed by atoms with Crippen molar-refractivity contribution in [3.8, 4) is 0 Å². The fraction of sp³-hybridized carbons (Fsp3) is 0.793. The number of rotatable bonds is 16. The zero-order chi connectivity index (χ0) is 30.3. The molecule has 1 fully saturated rings. The number of ether oxygens (including phenoxy) is 3. The molecule has 224 valence electrons. The van der Waals surface area contributed by atoms with Gasteiger partial charge >= 0.3 is 11.9 Å². The normalized spacial score (nSPS) is 23.4. The van der Waals surface area contributed by atoms with Gasteiger partial charge in [0, 0.05) is 32.6 Å². The van der Waals surface area contributed by atoms with Crippen molar-refractivity contribution in [2.75, 3.05) is 13.2 Å². The Kier molecular flexibility index (Phi) is 12.7. The third-order valence-corrected chi connectivity index (χ3v) is 12.4. The van der Waals surface area contributed by atoms with Gasteiger partial charge in [-0.1, -0.05) is 46.8 Å². The highest BCUT2D eigenvalue weighted by atomic mass is 28.4. The lowest BCUT2D eigenvalue weighted by atomic mass is 9.79. The van der Waals surface area contributed by atoms with E-state index in [2.05, 4.69) is 33.9 Å². The second-order valence-electron chi connectivity index (χ2n) is 12.3. The predicted molar refractivity (Wildman–Crippen MR) is 151 cm³/mol. The van der Waals surface area contributed by atoms with Crippen LogP contribution in [0.2, 0.25) is 18.1 Å². The first-order valence-corrected chi connectivity index (χ1v) is 16.7. The molecule has 0 saturated carbocycles. The number of hydrogen-bond donors (Lipinski definition) is 1. The van der Waals surface area contributed by atoms with E-state index < -0.39 is 62.3 Å². The highest BCUT2D eigenvalue weighted by molar-refractivity contribution is 6.74. The largest absolute Gasteiger partial charge is 0.465 e. The number of ketones is 2. The van der Waals surface area contributed by atoms with Gasteiger partial charge in [-0.05, 0) is 32.0 Å². The maximum atomic E-state index is 14.2. The van der Waals surface area contributed by atoms with Gasteiger partial charge in [-0.3, -0.25) is 19.2 Å². The van der Waals surface area contributed by atoms with Crippen LogP contribution in [0, 0.1) is 17.8 Å². The summed E-state index contributed by atoms with van der Waals surface area (Å²) in [6.45, 7) is 19.6. The van der Waals surface area contributed by atoms with Crippen molar-refractivity contribution < 1.29 is 42.9 Å². The van der Waals surface area contributed by atoms with Crippen LogP contribution in [-0.2, 0) is 37.8 Å². The lowest BCUT2D eigenvalue weighted by molar-refractivity contribution is -0.152. The van der Waals surface area contributed by atoms with E-state index in [0.717, 1.165) is 0 Å². The van der Waals surface area contributed by atoms with Gasteiger partial charge in [0.2, 0.25) is 0 Å². The third kappa shape index (κ3) is 9.62. The molecule has 7 atom stereocenters. The Hall–Kier alpha value is -1.88.